The van der Waals surface area contributed by atoms with Gasteiger partial charge in [0.2, 0.25) is 0 Å². The molecule has 0 fully saturated rings. The minimum absolute atomic E-state index is 0. The van der Waals surface area contributed by atoms with E-state index in [-0.39, 0.29) is 42.3 Å². The van der Waals surface area contributed by atoms with Crippen molar-refractivity contribution in [1.29, 1.82) is 0 Å². The first-order chi connectivity index (χ1) is 4.18. The van der Waals surface area contributed by atoms with Gasteiger partial charge in [-0.1, -0.05) is 13.5 Å². The Balaban J connectivity index is -0.000000320. The topological polar surface area (TPSA) is 26.3 Å². The molecule has 0 aliphatic heterocycles. The average Bonchev–Trinajstić information content (AvgIpc) is 1.82. The van der Waals surface area contributed by atoms with Gasteiger partial charge in [-0.25, -0.2) is 4.79 Å². The van der Waals surface area contributed by atoms with Crippen molar-refractivity contribution in [2.45, 2.75) is 20.3 Å². The van der Waals surface area contributed by atoms with Gasteiger partial charge in [-0.3, -0.25) is 0 Å². The molecule has 0 saturated carbocycles. The number of halogens is 1. The number of esters is 1. The molecule has 2 radical (unpaired) electrons. The van der Waals surface area contributed by atoms with Gasteiger partial charge in [0.15, 0.2) is 0 Å². The minimum atomic E-state index is -0.295. The maximum atomic E-state index is 10.6. The van der Waals surface area contributed by atoms with Crippen LogP contribution in [0.3, 0.4) is 0 Å². The fourth-order valence-corrected chi connectivity index (χ4v) is 0.318. The van der Waals surface area contributed by atoms with E-state index in [9.17, 15) is 4.79 Å². The molecule has 66 valence electrons. The van der Waals surface area contributed by atoms with Crippen molar-refractivity contribution in [2.24, 2.45) is 0 Å². The van der Waals surface area contributed by atoms with E-state index in [0.717, 1.165) is 6.42 Å². The Morgan fingerprint density at radius 2 is 2.00 bits per heavy atom. The van der Waals surface area contributed by atoms with E-state index in [0.29, 0.717) is 12.2 Å². The summed E-state index contributed by atoms with van der Waals surface area (Å²) >= 11 is 0. The second-order valence-corrected chi connectivity index (χ2v) is 1.92. The normalized spacial score (nSPS) is 7.09. The van der Waals surface area contributed by atoms with E-state index in [4.69, 9.17) is 4.74 Å². The molecule has 0 aliphatic rings. The van der Waals surface area contributed by atoms with Gasteiger partial charge in [-0.2, -0.15) is 0 Å². The van der Waals surface area contributed by atoms with Crippen LogP contribution in [0, 0.1) is 0 Å². The molecule has 2 nitrogen and oxygen atoms in total. The summed E-state index contributed by atoms with van der Waals surface area (Å²) in [6.45, 7) is 7.51. The molecular formula is C7H15ClO2Sn. The van der Waals surface area contributed by atoms with Crippen LogP contribution < -0.4 is 0 Å². The predicted molar refractivity (Wildman–Crippen MR) is 51.9 cm³/mol. The number of ether oxygens (including phenoxy) is 1. The zero-order chi connectivity index (χ0) is 7.28. The number of hydrogen-bond acceptors (Lipinski definition) is 2. The Kier molecular flexibility index (Phi) is 16.3. The molecule has 0 rings (SSSR count). The first-order valence-electron chi connectivity index (χ1n) is 3.01. The third-order valence-corrected chi connectivity index (χ3v) is 0.786. The van der Waals surface area contributed by atoms with Crippen LogP contribution in [0.25, 0.3) is 0 Å². The van der Waals surface area contributed by atoms with E-state index in [1.807, 2.05) is 6.92 Å². The van der Waals surface area contributed by atoms with E-state index < -0.39 is 0 Å². The molecule has 0 saturated heterocycles. The van der Waals surface area contributed by atoms with Crippen LogP contribution in [-0.4, -0.2) is 36.5 Å². The Morgan fingerprint density at radius 1 is 1.55 bits per heavy atom. The summed E-state index contributed by atoms with van der Waals surface area (Å²) < 4.78 is 4.71. The molecule has 0 N–H and O–H groups in total. The van der Waals surface area contributed by atoms with Gasteiger partial charge in [0.25, 0.3) is 0 Å². The first kappa shape index (κ1) is 17.4. The zero-order valence-electron chi connectivity index (χ0n) is 7.05. The summed E-state index contributed by atoms with van der Waals surface area (Å²) in [7, 11) is 0. The SMILES string of the molecule is C=C(C)C(=O)OCCC.Cl.[SnH2]. The molecule has 0 aromatic rings. The van der Waals surface area contributed by atoms with E-state index in [1.54, 1.807) is 6.92 Å². The molecular weight excluding hydrogens is 270 g/mol. The van der Waals surface area contributed by atoms with Gasteiger partial charge in [0, 0.05) is 5.57 Å². The van der Waals surface area contributed by atoms with E-state index >= 15 is 0 Å². The molecule has 0 unspecified atom stereocenters. The van der Waals surface area contributed by atoms with Gasteiger partial charge in [-0.05, 0) is 13.3 Å². The molecule has 0 spiro atoms. The fourth-order valence-electron chi connectivity index (χ4n) is 0.318. The van der Waals surface area contributed by atoms with Crippen LogP contribution in [-0.2, 0) is 9.53 Å². The monoisotopic (exact) mass is 286 g/mol. The second kappa shape index (κ2) is 10.3. The van der Waals surface area contributed by atoms with Gasteiger partial charge < -0.3 is 4.74 Å². The Hall–Kier alpha value is 0.299. The van der Waals surface area contributed by atoms with Crippen molar-refractivity contribution in [2.75, 3.05) is 6.61 Å². The number of carbonyl (C=O) groups excluding carboxylic acids is 1. The summed E-state index contributed by atoms with van der Waals surface area (Å²) in [5.41, 5.74) is 0.462. The number of rotatable bonds is 3. The van der Waals surface area contributed by atoms with Crippen molar-refractivity contribution >= 4 is 42.3 Å². The van der Waals surface area contributed by atoms with Gasteiger partial charge in [0.05, 0.1) is 6.61 Å². The predicted octanol–water partition coefficient (Wildman–Crippen LogP) is 1.02. The van der Waals surface area contributed by atoms with E-state index in [1.165, 1.54) is 0 Å². The van der Waals surface area contributed by atoms with Crippen LogP contribution in [0.5, 0.6) is 0 Å². The van der Waals surface area contributed by atoms with Crippen LogP contribution in [0.4, 0.5) is 0 Å². The van der Waals surface area contributed by atoms with E-state index in [2.05, 4.69) is 6.58 Å². The molecule has 0 atom stereocenters. The Labute approximate surface area is 90.7 Å². The van der Waals surface area contributed by atoms with Crippen LogP contribution in [0.2, 0.25) is 0 Å². The molecule has 4 heteroatoms. The summed E-state index contributed by atoms with van der Waals surface area (Å²) in [5.74, 6) is -0.295. The summed E-state index contributed by atoms with van der Waals surface area (Å²) in [6, 6.07) is 0. The Bertz CT molecular complexity index is 126. The van der Waals surface area contributed by atoms with Gasteiger partial charge >= 0.3 is 29.9 Å². The molecule has 0 amide bonds. The van der Waals surface area contributed by atoms with Crippen LogP contribution in [0.15, 0.2) is 12.2 Å². The molecule has 0 aliphatic carbocycles. The summed E-state index contributed by atoms with van der Waals surface area (Å²) in [6.07, 6.45) is 0.860. The molecule has 0 bridgehead atoms. The third-order valence-electron chi connectivity index (χ3n) is 0.786. The summed E-state index contributed by atoms with van der Waals surface area (Å²) in [4.78, 5) is 10.6. The van der Waals surface area contributed by atoms with Gasteiger partial charge in [0.1, 0.15) is 0 Å². The van der Waals surface area contributed by atoms with Crippen molar-refractivity contribution in [3.8, 4) is 0 Å². The third kappa shape index (κ3) is 10.3. The molecule has 0 heterocycles. The van der Waals surface area contributed by atoms with Gasteiger partial charge in [-0.15, -0.1) is 12.4 Å². The number of hydrogen-bond donors (Lipinski definition) is 0. The van der Waals surface area contributed by atoms with Crippen molar-refractivity contribution in [3.05, 3.63) is 12.2 Å². The van der Waals surface area contributed by atoms with Crippen LogP contribution in [0.1, 0.15) is 20.3 Å². The van der Waals surface area contributed by atoms with Crippen molar-refractivity contribution in [3.63, 3.8) is 0 Å². The zero-order valence-corrected chi connectivity index (χ0v) is 11.9. The number of carbonyl (C=O) groups is 1. The maximum absolute atomic E-state index is 10.6. The molecule has 11 heavy (non-hydrogen) atoms. The average molecular weight is 285 g/mol. The second-order valence-electron chi connectivity index (χ2n) is 1.92. The Morgan fingerprint density at radius 3 is 2.27 bits per heavy atom. The van der Waals surface area contributed by atoms with Crippen molar-refractivity contribution < 1.29 is 9.53 Å². The first-order valence-corrected chi connectivity index (χ1v) is 3.01. The fraction of sp³-hybridized carbons (Fsp3) is 0.571. The molecule has 0 aromatic heterocycles. The standard InChI is InChI=1S/C7H12O2.ClH.Sn.2H/c1-4-5-9-7(8)6(2)3;;;;/h2,4-5H2,1,3H3;1H;;;. The van der Waals surface area contributed by atoms with Crippen molar-refractivity contribution in [1.82, 2.24) is 0 Å². The quantitative estimate of drug-likeness (QED) is 0.440. The van der Waals surface area contributed by atoms with Crippen LogP contribution >= 0.6 is 12.4 Å². The summed E-state index contributed by atoms with van der Waals surface area (Å²) in [5, 5.41) is 0. The molecule has 0 aromatic carbocycles.